The molecule has 0 heterocycles. The fourth-order valence-electron chi connectivity index (χ4n) is 2.20. The molecule has 0 saturated carbocycles. The van der Waals surface area contributed by atoms with Gasteiger partial charge in [0.1, 0.15) is 6.04 Å². The quantitative estimate of drug-likeness (QED) is 0.699. The second-order valence-electron chi connectivity index (χ2n) is 6.43. The molecule has 7 heteroatoms. The SMILES string of the molecule is CCC(C)C(NC(=O)c1cc(Cl)c(OCC(C)C)c(OC)c1)C(N)=O. The first-order chi connectivity index (χ1) is 11.7. The first-order valence-corrected chi connectivity index (χ1v) is 8.69. The van der Waals surface area contributed by atoms with E-state index in [9.17, 15) is 9.59 Å². The number of rotatable bonds is 9. The predicted octanol–water partition coefficient (Wildman–Crippen LogP) is 3.01. The molecule has 0 fully saturated rings. The molecule has 0 bridgehead atoms. The second-order valence-corrected chi connectivity index (χ2v) is 6.84. The van der Waals surface area contributed by atoms with Crippen LogP contribution < -0.4 is 20.5 Å². The van der Waals surface area contributed by atoms with Crippen LogP contribution in [0.5, 0.6) is 11.5 Å². The van der Waals surface area contributed by atoms with Gasteiger partial charge in [-0.15, -0.1) is 0 Å². The molecular weight excluding hydrogens is 344 g/mol. The molecule has 1 rings (SSSR count). The van der Waals surface area contributed by atoms with Gasteiger partial charge in [-0.25, -0.2) is 0 Å². The number of carbonyl (C=O) groups excluding carboxylic acids is 2. The van der Waals surface area contributed by atoms with E-state index in [2.05, 4.69) is 5.32 Å². The summed E-state index contributed by atoms with van der Waals surface area (Å²) in [5.41, 5.74) is 5.66. The molecule has 140 valence electrons. The number of halogens is 1. The molecule has 0 spiro atoms. The van der Waals surface area contributed by atoms with Crippen LogP contribution >= 0.6 is 11.6 Å². The first-order valence-electron chi connectivity index (χ1n) is 8.31. The lowest BCUT2D eigenvalue weighted by molar-refractivity contribution is -0.120. The van der Waals surface area contributed by atoms with E-state index in [1.165, 1.54) is 19.2 Å². The number of nitrogens with one attached hydrogen (secondary N) is 1. The third-order valence-corrected chi connectivity index (χ3v) is 4.14. The van der Waals surface area contributed by atoms with Gasteiger partial charge >= 0.3 is 0 Å². The van der Waals surface area contributed by atoms with Crippen LogP contribution in [0.4, 0.5) is 0 Å². The molecule has 2 unspecified atom stereocenters. The molecule has 6 nitrogen and oxygen atoms in total. The van der Waals surface area contributed by atoms with Crippen LogP contribution in [0.25, 0.3) is 0 Å². The van der Waals surface area contributed by atoms with Crippen molar-refractivity contribution in [2.75, 3.05) is 13.7 Å². The maximum Gasteiger partial charge on any atom is 0.252 e. The van der Waals surface area contributed by atoms with Gasteiger partial charge in [0.25, 0.3) is 5.91 Å². The van der Waals surface area contributed by atoms with E-state index in [1.807, 2.05) is 27.7 Å². The lowest BCUT2D eigenvalue weighted by Crippen LogP contribution is -2.48. The Kier molecular flexibility index (Phi) is 8.03. The number of primary amides is 1. The maximum absolute atomic E-state index is 12.5. The molecular formula is C18H27ClN2O4. The zero-order valence-corrected chi connectivity index (χ0v) is 16.1. The van der Waals surface area contributed by atoms with Gasteiger partial charge in [-0.2, -0.15) is 0 Å². The second kappa shape index (κ2) is 9.51. The number of ether oxygens (including phenoxy) is 2. The molecule has 3 N–H and O–H groups in total. The Morgan fingerprint density at radius 1 is 1.28 bits per heavy atom. The molecule has 0 aliphatic rings. The fraction of sp³-hybridized carbons (Fsp3) is 0.556. The number of benzene rings is 1. The first kappa shape index (κ1) is 21.1. The topological polar surface area (TPSA) is 90.7 Å². The summed E-state index contributed by atoms with van der Waals surface area (Å²) >= 11 is 6.25. The van der Waals surface area contributed by atoms with Crippen LogP contribution in [0, 0.1) is 11.8 Å². The third kappa shape index (κ3) is 5.81. The van der Waals surface area contributed by atoms with E-state index in [0.29, 0.717) is 30.4 Å². The summed E-state index contributed by atoms with van der Waals surface area (Å²) in [7, 11) is 1.47. The molecule has 0 saturated heterocycles. The van der Waals surface area contributed by atoms with E-state index < -0.39 is 17.9 Å². The summed E-state index contributed by atoms with van der Waals surface area (Å²) in [6.45, 7) is 8.28. The predicted molar refractivity (Wildman–Crippen MR) is 98.2 cm³/mol. The average molecular weight is 371 g/mol. The summed E-state index contributed by atoms with van der Waals surface area (Å²) < 4.78 is 11.0. The van der Waals surface area contributed by atoms with Gasteiger partial charge in [-0.1, -0.05) is 45.7 Å². The van der Waals surface area contributed by atoms with Crippen LogP contribution in [-0.4, -0.2) is 31.6 Å². The molecule has 2 amide bonds. The van der Waals surface area contributed by atoms with Crippen LogP contribution in [-0.2, 0) is 4.79 Å². The van der Waals surface area contributed by atoms with Crippen LogP contribution in [0.3, 0.4) is 0 Å². The third-order valence-electron chi connectivity index (χ3n) is 3.86. The molecule has 0 aliphatic carbocycles. The van der Waals surface area contributed by atoms with Gasteiger partial charge in [0.2, 0.25) is 5.91 Å². The maximum atomic E-state index is 12.5. The van der Waals surface area contributed by atoms with Crippen molar-refractivity contribution in [1.29, 1.82) is 0 Å². The van der Waals surface area contributed by atoms with Gasteiger partial charge in [0.15, 0.2) is 11.5 Å². The summed E-state index contributed by atoms with van der Waals surface area (Å²) in [4.78, 5) is 24.1. The molecule has 2 atom stereocenters. The van der Waals surface area contributed by atoms with Crippen molar-refractivity contribution in [3.05, 3.63) is 22.7 Å². The minimum atomic E-state index is -0.751. The normalized spacial score (nSPS) is 13.2. The van der Waals surface area contributed by atoms with E-state index >= 15 is 0 Å². The monoisotopic (exact) mass is 370 g/mol. The zero-order valence-electron chi connectivity index (χ0n) is 15.4. The number of methoxy groups -OCH3 is 1. The Labute approximate surface area is 154 Å². The molecule has 0 aliphatic heterocycles. The molecule has 0 radical (unpaired) electrons. The lowest BCUT2D eigenvalue weighted by Gasteiger charge is -2.21. The van der Waals surface area contributed by atoms with E-state index in [4.69, 9.17) is 26.8 Å². The van der Waals surface area contributed by atoms with Crippen molar-refractivity contribution < 1.29 is 19.1 Å². The molecule has 1 aromatic rings. The van der Waals surface area contributed by atoms with Gasteiger partial charge in [-0.3, -0.25) is 9.59 Å². The Bertz CT molecular complexity index is 619. The van der Waals surface area contributed by atoms with Crippen molar-refractivity contribution in [1.82, 2.24) is 5.32 Å². The number of nitrogens with two attached hydrogens (primary N) is 1. The minimum Gasteiger partial charge on any atom is -0.493 e. The van der Waals surface area contributed by atoms with Crippen molar-refractivity contribution in [3.63, 3.8) is 0 Å². The summed E-state index contributed by atoms with van der Waals surface area (Å²) in [6, 6.07) is 2.27. The van der Waals surface area contributed by atoms with E-state index in [-0.39, 0.29) is 16.5 Å². The Hall–Kier alpha value is -1.95. The van der Waals surface area contributed by atoms with Crippen molar-refractivity contribution in [3.8, 4) is 11.5 Å². The highest BCUT2D eigenvalue weighted by molar-refractivity contribution is 6.32. The zero-order chi connectivity index (χ0) is 19.1. The van der Waals surface area contributed by atoms with Crippen molar-refractivity contribution >= 4 is 23.4 Å². The molecule has 0 aromatic heterocycles. The highest BCUT2D eigenvalue weighted by atomic mass is 35.5. The van der Waals surface area contributed by atoms with Crippen LogP contribution in [0.1, 0.15) is 44.5 Å². The average Bonchev–Trinajstić information content (AvgIpc) is 2.56. The fourth-order valence-corrected chi connectivity index (χ4v) is 2.46. The number of amides is 2. The number of carbonyl (C=O) groups is 2. The molecule has 25 heavy (non-hydrogen) atoms. The number of hydrogen-bond acceptors (Lipinski definition) is 4. The van der Waals surface area contributed by atoms with Gasteiger partial charge < -0.3 is 20.5 Å². The lowest BCUT2D eigenvalue weighted by atomic mass is 9.98. The Morgan fingerprint density at radius 2 is 1.92 bits per heavy atom. The highest BCUT2D eigenvalue weighted by Gasteiger charge is 2.25. The largest absolute Gasteiger partial charge is 0.493 e. The standard InChI is InChI=1S/C18H27ClN2O4/c1-6-11(4)15(17(20)22)21-18(23)12-7-13(19)16(14(8-12)24-5)25-9-10(2)3/h7-8,10-11,15H,6,9H2,1-5H3,(H2,20,22)(H,21,23). The summed E-state index contributed by atoms with van der Waals surface area (Å²) in [5.74, 6) is -0.0271. The van der Waals surface area contributed by atoms with Crippen LogP contribution in [0.2, 0.25) is 5.02 Å². The van der Waals surface area contributed by atoms with Gasteiger partial charge in [-0.05, 0) is 24.0 Å². The van der Waals surface area contributed by atoms with E-state index in [1.54, 1.807) is 0 Å². The minimum absolute atomic E-state index is 0.0764. The summed E-state index contributed by atoms with van der Waals surface area (Å²) in [6.07, 6.45) is 0.708. The smallest absolute Gasteiger partial charge is 0.252 e. The number of hydrogen-bond donors (Lipinski definition) is 2. The van der Waals surface area contributed by atoms with Crippen molar-refractivity contribution in [2.45, 2.75) is 40.2 Å². The van der Waals surface area contributed by atoms with Crippen molar-refractivity contribution in [2.24, 2.45) is 17.6 Å². The Morgan fingerprint density at radius 3 is 2.40 bits per heavy atom. The van der Waals surface area contributed by atoms with Gasteiger partial charge in [0, 0.05) is 5.56 Å². The van der Waals surface area contributed by atoms with Crippen LogP contribution in [0.15, 0.2) is 12.1 Å². The summed E-state index contributed by atoms with van der Waals surface area (Å²) in [5, 5.41) is 2.93. The highest BCUT2D eigenvalue weighted by Crippen LogP contribution is 2.36. The van der Waals surface area contributed by atoms with Gasteiger partial charge in [0.05, 0.1) is 18.7 Å². The Balaban J connectivity index is 3.06. The van der Waals surface area contributed by atoms with E-state index in [0.717, 1.165) is 0 Å². The molecule has 1 aromatic carbocycles.